The first-order chi connectivity index (χ1) is 9.25. The molecule has 0 saturated carbocycles. The highest BCUT2D eigenvalue weighted by atomic mass is 16.7. The predicted molar refractivity (Wildman–Crippen MR) is 64.6 cm³/mol. The monoisotopic (exact) mass is 282 g/mol. The van der Waals surface area contributed by atoms with Gasteiger partial charge in [0.05, 0.1) is 14.1 Å². The van der Waals surface area contributed by atoms with Crippen LogP contribution >= 0.6 is 0 Å². The highest BCUT2D eigenvalue weighted by Gasteiger charge is 2.24. The number of hydrazine groups is 2. The van der Waals surface area contributed by atoms with Crippen LogP contribution in [0.3, 0.4) is 0 Å². The fraction of sp³-hybridized carbons (Fsp3) is 0.200. The first-order valence-electron chi connectivity index (χ1n) is 5.20. The van der Waals surface area contributed by atoms with Crippen LogP contribution in [0.4, 0.5) is 0 Å². The number of rotatable bonds is 4. The molecule has 2 amide bonds. The van der Waals surface area contributed by atoms with Gasteiger partial charge in [-0.3, -0.25) is 9.59 Å². The molecule has 1 rings (SSSR count). The molecule has 106 valence electrons. The molecule has 1 aromatic carbocycles. The lowest BCUT2D eigenvalue weighted by Gasteiger charge is -2.09. The molecule has 10 heteroatoms. The van der Waals surface area contributed by atoms with Gasteiger partial charge in [-0.15, -0.1) is 0 Å². The van der Waals surface area contributed by atoms with Gasteiger partial charge in [0.25, 0.3) is 0 Å². The molecular formula is C10H10N4O6. The molecule has 0 aliphatic heterocycles. The van der Waals surface area contributed by atoms with Gasteiger partial charge in [-0.1, -0.05) is 16.1 Å². The van der Waals surface area contributed by atoms with Gasteiger partial charge in [0, 0.05) is 11.1 Å². The Kier molecular flexibility index (Phi) is 4.31. The van der Waals surface area contributed by atoms with E-state index in [2.05, 4.69) is 0 Å². The van der Waals surface area contributed by atoms with E-state index in [9.17, 15) is 29.8 Å². The van der Waals surface area contributed by atoms with Crippen LogP contribution in [0.2, 0.25) is 0 Å². The van der Waals surface area contributed by atoms with Crippen molar-refractivity contribution in [3.05, 3.63) is 55.6 Å². The number of carbonyl (C=O) groups excluding carboxylic acids is 2. The normalized spacial score (nSPS) is 9.70. The average molecular weight is 282 g/mol. The van der Waals surface area contributed by atoms with E-state index >= 15 is 0 Å². The van der Waals surface area contributed by atoms with Crippen LogP contribution in [-0.2, 0) is 0 Å². The van der Waals surface area contributed by atoms with Crippen molar-refractivity contribution in [2.45, 2.75) is 0 Å². The van der Waals surface area contributed by atoms with E-state index in [0.717, 1.165) is 20.2 Å². The standard InChI is InChI=1S/C10H10N4O6/c1-11(13(17)18)9(15)7-4-3-5-8(6-7)10(16)12(2)14(19)20/h3-6H,1-2H3. The molecule has 0 saturated heterocycles. The van der Waals surface area contributed by atoms with Crippen molar-refractivity contribution in [2.75, 3.05) is 14.1 Å². The molecule has 10 nitrogen and oxygen atoms in total. The molecule has 1 aromatic rings. The van der Waals surface area contributed by atoms with E-state index in [0.29, 0.717) is 0 Å². The Bertz CT molecular complexity index is 540. The van der Waals surface area contributed by atoms with Gasteiger partial charge in [-0.25, -0.2) is 20.2 Å². The topological polar surface area (TPSA) is 127 Å². The van der Waals surface area contributed by atoms with Crippen LogP contribution in [0.1, 0.15) is 20.7 Å². The second kappa shape index (κ2) is 5.73. The second-order valence-corrected chi connectivity index (χ2v) is 3.71. The van der Waals surface area contributed by atoms with E-state index in [1.807, 2.05) is 0 Å². The van der Waals surface area contributed by atoms with Crippen LogP contribution in [0, 0.1) is 20.2 Å². The van der Waals surface area contributed by atoms with Crippen molar-refractivity contribution in [2.24, 2.45) is 0 Å². The minimum Gasteiger partial charge on any atom is -0.263 e. The summed E-state index contributed by atoms with van der Waals surface area (Å²) in [5.74, 6) is -1.87. The summed E-state index contributed by atoms with van der Waals surface area (Å²) in [5, 5.41) is 19.6. The highest BCUT2D eigenvalue weighted by molar-refractivity contribution is 5.98. The Balaban J connectivity index is 3.08. The zero-order valence-electron chi connectivity index (χ0n) is 10.5. The Morgan fingerprint density at radius 2 is 1.30 bits per heavy atom. The number of amides is 2. The summed E-state index contributed by atoms with van der Waals surface area (Å²) < 4.78 is 0. The third kappa shape index (κ3) is 3.04. The zero-order valence-corrected chi connectivity index (χ0v) is 10.5. The van der Waals surface area contributed by atoms with E-state index in [4.69, 9.17) is 0 Å². The smallest absolute Gasteiger partial charge is 0.263 e. The summed E-state index contributed by atoms with van der Waals surface area (Å²) >= 11 is 0. The molecule has 0 aromatic heterocycles. The van der Waals surface area contributed by atoms with Crippen LogP contribution in [0.15, 0.2) is 24.3 Å². The minimum absolute atomic E-state index is 0.119. The Morgan fingerprint density at radius 3 is 1.60 bits per heavy atom. The number of benzene rings is 1. The maximum Gasteiger partial charge on any atom is 0.313 e. The third-order valence-corrected chi connectivity index (χ3v) is 2.43. The molecule has 0 atom stereocenters. The van der Waals surface area contributed by atoms with Crippen molar-refractivity contribution < 1.29 is 19.7 Å². The highest BCUT2D eigenvalue weighted by Crippen LogP contribution is 2.10. The van der Waals surface area contributed by atoms with Crippen molar-refractivity contribution in [3.63, 3.8) is 0 Å². The van der Waals surface area contributed by atoms with E-state index in [1.165, 1.54) is 18.2 Å². The third-order valence-electron chi connectivity index (χ3n) is 2.43. The quantitative estimate of drug-likeness (QED) is 0.573. The van der Waals surface area contributed by atoms with Gasteiger partial charge < -0.3 is 0 Å². The molecule has 0 radical (unpaired) electrons. The van der Waals surface area contributed by atoms with Crippen molar-refractivity contribution in [1.29, 1.82) is 0 Å². The molecule has 0 unspecified atom stereocenters. The largest absolute Gasteiger partial charge is 0.313 e. The van der Waals surface area contributed by atoms with Crippen LogP contribution in [0.25, 0.3) is 0 Å². The zero-order chi connectivity index (χ0) is 15.4. The average Bonchev–Trinajstić information content (AvgIpc) is 2.43. The predicted octanol–water partition coefficient (Wildman–Crippen LogP) is 0.214. The van der Waals surface area contributed by atoms with Gasteiger partial charge in [-0.2, -0.15) is 0 Å². The summed E-state index contributed by atoms with van der Waals surface area (Å²) in [6.45, 7) is 0. The van der Waals surface area contributed by atoms with Gasteiger partial charge in [0.1, 0.15) is 0 Å². The summed E-state index contributed by atoms with van der Waals surface area (Å²) in [6, 6.07) is 4.91. The lowest BCUT2D eigenvalue weighted by Crippen LogP contribution is -2.33. The number of nitrogens with zero attached hydrogens (tertiary/aromatic N) is 4. The summed E-state index contributed by atoms with van der Waals surface area (Å²) in [4.78, 5) is 44.3. The molecule has 0 aliphatic rings. The number of nitro groups is 2. The lowest BCUT2D eigenvalue weighted by atomic mass is 10.1. The number of hydrogen-bond donors (Lipinski definition) is 0. The Morgan fingerprint density at radius 1 is 0.950 bits per heavy atom. The Hall–Kier alpha value is -3.04. The van der Waals surface area contributed by atoms with Crippen LogP contribution in [0.5, 0.6) is 0 Å². The molecule has 0 spiro atoms. The summed E-state index contributed by atoms with van der Waals surface area (Å²) in [5.41, 5.74) is -0.237. The molecular weight excluding hydrogens is 272 g/mol. The maximum atomic E-state index is 11.7. The van der Waals surface area contributed by atoms with E-state index in [-0.39, 0.29) is 21.1 Å². The van der Waals surface area contributed by atoms with Gasteiger partial charge >= 0.3 is 11.8 Å². The second-order valence-electron chi connectivity index (χ2n) is 3.71. The molecule has 20 heavy (non-hydrogen) atoms. The van der Waals surface area contributed by atoms with Gasteiger partial charge in [0.2, 0.25) is 0 Å². The molecule has 0 N–H and O–H groups in total. The minimum atomic E-state index is -0.937. The summed E-state index contributed by atoms with van der Waals surface area (Å²) in [6.07, 6.45) is 0. The van der Waals surface area contributed by atoms with Crippen molar-refractivity contribution >= 4 is 11.8 Å². The van der Waals surface area contributed by atoms with Crippen molar-refractivity contribution in [1.82, 2.24) is 10.0 Å². The van der Waals surface area contributed by atoms with E-state index in [1.54, 1.807) is 0 Å². The SMILES string of the molecule is CN(C(=O)c1cccc(C(=O)N(C)[N+](=O)[O-])c1)[N+](=O)[O-]. The maximum absolute atomic E-state index is 11.7. The first-order valence-corrected chi connectivity index (χ1v) is 5.20. The van der Waals surface area contributed by atoms with Gasteiger partial charge in [-0.05, 0) is 18.2 Å². The molecule has 0 heterocycles. The van der Waals surface area contributed by atoms with Crippen molar-refractivity contribution in [3.8, 4) is 0 Å². The fourth-order valence-electron chi connectivity index (χ4n) is 1.31. The van der Waals surface area contributed by atoms with Crippen LogP contribution in [-0.4, -0.2) is 46.0 Å². The van der Waals surface area contributed by atoms with Gasteiger partial charge in [0.15, 0.2) is 10.1 Å². The summed E-state index contributed by atoms with van der Waals surface area (Å²) in [7, 11) is 1.92. The molecule has 0 bridgehead atoms. The number of carbonyl (C=O) groups is 2. The Labute approximate surface area is 112 Å². The first kappa shape index (κ1) is 15.0. The molecule has 0 fully saturated rings. The van der Waals surface area contributed by atoms with E-state index < -0.39 is 21.9 Å². The number of hydrogen-bond acceptors (Lipinski definition) is 6. The fourth-order valence-corrected chi connectivity index (χ4v) is 1.31. The lowest BCUT2D eigenvalue weighted by molar-refractivity contribution is -0.625. The van der Waals surface area contributed by atoms with Crippen LogP contribution < -0.4 is 0 Å². The molecule has 0 aliphatic carbocycles.